The molecule has 0 aromatic heterocycles. The van der Waals surface area contributed by atoms with Crippen LogP contribution in [0, 0.1) is 6.92 Å². The summed E-state index contributed by atoms with van der Waals surface area (Å²) in [7, 11) is 4.85. The number of nitrogens with one attached hydrogen (secondary N) is 1. The lowest BCUT2D eigenvalue weighted by molar-refractivity contribution is -0.121. The number of benzene rings is 2. The molecule has 0 saturated carbocycles. The molecule has 2 aromatic carbocycles. The van der Waals surface area contributed by atoms with E-state index in [9.17, 15) is 9.59 Å². The van der Waals surface area contributed by atoms with E-state index in [2.05, 4.69) is 26.2 Å². The highest BCUT2D eigenvalue weighted by molar-refractivity contribution is 9.10. The van der Waals surface area contributed by atoms with Gasteiger partial charge >= 0.3 is 0 Å². The number of methoxy groups -OCH3 is 1. The lowest BCUT2D eigenvalue weighted by atomic mass is 10.2. The number of aryl methyl sites for hydroxylation is 1. The smallest absolute Gasteiger partial charge is 0.266 e. The van der Waals surface area contributed by atoms with Gasteiger partial charge in [0.15, 0.2) is 23.3 Å². The third-order valence-corrected chi connectivity index (χ3v) is 6.17. The van der Waals surface area contributed by atoms with Crippen LogP contribution in [0.25, 0.3) is 6.08 Å². The molecule has 1 fully saturated rings. The van der Waals surface area contributed by atoms with Crippen LogP contribution in [0.1, 0.15) is 11.1 Å². The van der Waals surface area contributed by atoms with Gasteiger partial charge in [-0.15, -0.1) is 0 Å². The average molecular weight is 504 g/mol. The first-order valence-electron chi connectivity index (χ1n) is 9.33. The number of likely N-dealkylation sites (N-methyl/N-ethyl adjacent to an activating group) is 1. The van der Waals surface area contributed by atoms with E-state index in [0.29, 0.717) is 31.7 Å². The molecule has 0 unspecified atom stereocenters. The topological polar surface area (TPSA) is 80.2 Å². The molecule has 2 aromatic rings. The second kappa shape index (κ2) is 10.0. The molecule has 1 saturated heterocycles. The lowest BCUT2D eigenvalue weighted by Crippen LogP contribution is -2.23. The lowest BCUT2D eigenvalue weighted by Gasteiger charge is -2.14. The molecule has 1 aliphatic heterocycles. The van der Waals surface area contributed by atoms with Gasteiger partial charge in [-0.05, 0) is 70.5 Å². The van der Waals surface area contributed by atoms with Crippen LogP contribution >= 0.6 is 27.7 Å². The highest BCUT2D eigenvalue weighted by Crippen LogP contribution is 2.39. The number of anilines is 1. The Hall–Kier alpha value is -2.78. The van der Waals surface area contributed by atoms with Crippen molar-refractivity contribution in [2.75, 3.05) is 33.1 Å². The van der Waals surface area contributed by atoms with Crippen molar-refractivity contribution in [1.82, 2.24) is 4.90 Å². The number of ether oxygens (including phenoxy) is 2. The molecule has 162 valence electrons. The van der Waals surface area contributed by atoms with Gasteiger partial charge in [-0.1, -0.05) is 17.7 Å². The van der Waals surface area contributed by atoms with Crippen molar-refractivity contribution >= 4 is 56.4 Å². The van der Waals surface area contributed by atoms with E-state index >= 15 is 0 Å². The third-order valence-electron chi connectivity index (χ3n) is 4.43. The molecule has 1 heterocycles. The Labute approximate surface area is 193 Å². The zero-order valence-electron chi connectivity index (χ0n) is 17.6. The summed E-state index contributed by atoms with van der Waals surface area (Å²) in [5.41, 5.74) is 2.56. The molecule has 2 amide bonds. The Bertz CT molecular complexity index is 1070. The van der Waals surface area contributed by atoms with Crippen LogP contribution in [0.2, 0.25) is 0 Å². The molecule has 0 aliphatic carbocycles. The van der Waals surface area contributed by atoms with Gasteiger partial charge in [0.25, 0.3) is 11.8 Å². The Morgan fingerprint density at radius 3 is 2.61 bits per heavy atom. The SMILES string of the molecule is CN=C1S/C(=C/c2cc(Br)c(OCC(=O)Nc3ccc(C)cc3)c(OC)c2)C(=O)N1C. The Morgan fingerprint density at radius 1 is 1.29 bits per heavy atom. The normalized spacial score (nSPS) is 16.2. The maximum Gasteiger partial charge on any atom is 0.266 e. The number of carbonyl (C=O) groups excluding carboxylic acids is 2. The van der Waals surface area contributed by atoms with E-state index in [1.165, 1.54) is 23.8 Å². The number of aliphatic imine (C=N–C) groups is 1. The summed E-state index contributed by atoms with van der Waals surface area (Å²) >= 11 is 4.78. The first-order valence-corrected chi connectivity index (χ1v) is 10.9. The fourth-order valence-electron chi connectivity index (χ4n) is 2.84. The van der Waals surface area contributed by atoms with Gasteiger partial charge in [0.1, 0.15) is 0 Å². The molecule has 9 heteroatoms. The molecular weight excluding hydrogens is 482 g/mol. The molecule has 0 spiro atoms. The highest BCUT2D eigenvalue weighted by Gasteiger charge is 2.29. The maximum absolute atomic E-state index is 12.4. The van der Waals surface area contributed by atoms with E-state index in [0.717, 1.165) is 11.1 Å². The zero-order chi connectivity index (χ0) is 22.5. The summed E-state index contributed by atoms with van der Waals surface area (Å²) < 4.78 is 11.8. The standard InChI is InChI=1S/C22H22BrN3O4S/c1-13-5-7-15(8-6-13)25-19(27)12-30-20-16(23)9-14(10-17(20)29-4)11-18-21(28)26(3)22(24-2)31-18/h5-11H,12H2,1-4H3,(H,25,27)/b18-11+,24-22?. The number of hydrogen-bond donors (Lipinski definition) is 1. The van der Waals surface area contributed by atoms with Crippen LogP contribution in [0.4, 0.5) is 5.69 Å². The van der Waals surface area contributed by atoms with Crippen molar-refractivity contribution in [3.05, 3.63) is 56.9 Å². The minimum absolute atomic E-state index is 0.117. The molecule has 7 nitrogen and oxygen atoms in total. The average Bonchev–Trinajstić information content (AvgIpc) is 3.02. The summed E-state index contributed by atoms with van der Waals surface area (Å²) in [5, 5.41) is 3.43. The van der Waals surface area contributed by atoms with Crippen LogP contribution in [0.15, 0.2) is 50.8 Å². The van der Waals surface area contributed by atoms with Crippen LogP contribution < -0.4 is 14.8 Å². The van der Waals surface area contributed by atoms with Gasteiger partial charge < -0.3 is 14.8 Å². The molecule has 1 aliphatic rings. The molecule has 0 bridgehead atoms. The molecule has 0 radical (unpaired) electrons. The van der Waals surface area contributed by atoms with Gasteiger partial charge in [0, 0.05) is 19.8 Å². The number of carbonyl (C=O) groups is 2. The third kappa shape index (κ3) is 5.48. The van der Waals surface area contributed by atoms with Crippen molar-refractivity contribution in [2.45, 2.75) is 6.92 Å². The first-order chi connectivity index (χ1) is 14.8. The summed E-state index contributed by atoms with van der Waals surface area (Å²) in [6, 6.07) is 11.1. The number of nitrogens with zero attached hydrogens (tertiary/aromatic N) is 2. The summed E-state index contributed by atoms with van der Waals surface area (Å²) in [6.07, 6.45) is 1.77. The number of rotatable bonds is 6. The number of thioether (sulfide) groups is 1. The van der Waals surface area contributed by atoms with Crippen molar-refractivity contribution in [1.29, 1.82) is 0 Å². The van der Waals surface area contributed by atoms with Crippen molar-refractivity contribution < 1.29 is 19.1 Å². The van der Waals surface area contributed by atoms with Crippen molar-refractivity contribution in [3.63, 3.8) is 0 Å². The van der Waals surface area contributed by atoms with Gasteiger partial charge in [-0.25, -0.2) is 0 Å². The van der Waals surface area contributed by atoms with E-state index in [-0.39, 0.29) is 18.4 Å². The molecule has 0 atom stereocenters. The Morgan fingerprint density at radius 2 is 2.00 bits per heavy atom. The van der Waals surface area contributed by atoms with Crippen molar-refractivity contribution in [3.8, 4) is 11.5 Å². The first kappa shape index (κ1) is 22.9. The Kier molecular flexibility index (Phi) is 7.40. The quantitative estimate of drug-likeness (QED) is 0.593. The molecule has 3 rings (SSSR count). The number of hydrogen-bond acceptors (Lipinski definition) is 6. The zero-order valence-corrected chi connectivity index (χ0v) is 20.0. The van der Waals surface area contributed by atoms with Crippen LogP contribution in [0.5, 0.6) is 11.5 Å². The molecular formula is C22H22BrN3O4S. The van der Waals surface area contributed by atoms with Crippen LogP contribution in [-0.2, 0) is 9.59 Å². The fourth-order valence-corrected chi connectivity index (χ4v) is 4.34. The largest absolute Gasteiger partial charge is 0.493 e. The maximum atomic E-state index is 12.4. The monoisotopic (exact) mass is 503 g/mol. The van der Waals surface area contributed by atoms with Gasteiger partial charge in [-0.2, -0.15) is 0 Å². The highest BCUT2D eigenvalue weighted by atomic mass is 79.9. The Balaban J connectivity index is 1.74. The summed E-state index contributed by atoms with van der Waals surface area (Å²) in [5.74, 6) is 0.444. The molecule has 1 N–H and O–H groups in total. The fraction of sp³-hybridized carbons (Fsp3) is 0.227. The number of halogens is 1. The van der Waals surface area contributed by atoms with E-state index in [1.54, 1.807) is 32.3 Å². The summed E-state index contributed by atoms with van der Waals surface area (Å²) in [4.78, 5) is 30.8. The van der Waals surface area contributed by atoms with Crippen LogP contribution in [-0.4, -0.2) is 49.7 Å². The minimum Gasteiger partial charge on any atom is -0.493 e. The molecule has 31 heavy (non-hydrogen) atoms. The second-order valence-corrected chi connectivity index (χ2v) is 8.58. The van der Waals surface area contributed by atoms with Gasteiger partial charge in [0.2, 0.25) is 0 Å². The van der Waals surface area contributed by atoms with E-state index in [4.69, 9.17) is 9.47 Å². The number of amides is 2. The predicted molar refractivity (Wildman–Crippen MR) is 128 cm³/mol. The van der Waals surface area contributed by atoms with Crippen molar-refractivity contribution in [2.24, 2.45) is 4.99 Å². The van der Waals surface area contributed by atoms with Gasteiger partial charge in [0.05, 0.1) is 16.5 Å². The van der Waals surface area contributed by atoms with E-state index in [1.807, 2.05) is 31.2 Å². The summed E-state index contributed by atoms with van der Waals surface area (Å²) in [6.45, 7) is 1.80. The number of amidine groups is 1. The predicted octanol–water partition coefficient (Wildman–Crippen LogP) is 4.32. The van der Waals surface area contributed by atoms with Crippen LogP contribution in [0.3, 0.4) is 0 Å². The second-order valence-electron chi connectivity index (χ2n) is 6.72. The van der Waals surface area contributed by atoms with Gasteiger partial charge in [-0.3, -0.25) is 19.5 Å². The van der Waals surface area contributed by atoms with E-state index < -0.39 is 0 Å². The minimum atomic E-state index is -0.286.